The van der Waals surface area contributed by atoms with Crippen LogP contribution < -0.4 is 5.43 Å². The van der Waals surface area contributed by atoms with E-state index in [0.717, 1.165) is 0 Å². The maximum atomic E-state index is 13.3. The van der Waals surface area contributed by atoms with Gasteiger partial charge in [0.1, 0.15) is 5.56 Å². The van der Waals surface area contributed by atoms with Crippen molar-refractivity contribution in [3.05, 3.63) is 52.6 Å². The van der Waals surface area contributed by atoms with E-state index in [2.05, 4.69) is 4.98 Å². The number of hydrogen-bond donors (Lipinski definition) is 1. The zero-order valence-corrected chi connectivity index (χ0v) is 7.50. The van der Waals surface area contributed by atoms with Gasteiger partial charge in [-0.05, 0) is 12.1 Å². The Kier molecular flexibility index (Phi) is 2.29. The molecular formula is C10H6F2N2O. The van der Waals surface area contributed by atoms with Gasteiger partial charge in [0.25, 0.3) is 0 Å². The molecule has 76 valence electrons. The van der Waals surface area contributed by atoms with Crippen LogP contribution in [0.5, 0.6) is 0 Å². The van der Waals surface area contributed by atoms with Crippen molar-refractivity contribution < 1.29 is 8.78 Å². The molecule has 0 aliphatic carbocycles. The highest BCUT2D eigenvalue weighted by Crippen LogP contribution is 2.14. The van der Waals surface area contributed by atoms with Crippen LogP contribution in [-0.2, 0) is 0 Å². The van der Waals surface area contributed by atoms with Crippen molar-refractivity contribution in [2.45, 2.75) is 0 Å². The molecule has 15 heavy (non-hydrogen) atoms. The molecule has 2 heterocycles. The summed E-state index contributed by atoms with van der Waals surface area (Å²) in [6.07, 6.45) is 1.43. The topological polar surface area (TPSA) is 45.8 Å². The van der Waals surface area contributed by atoms with Crippen LogP contribution in [0.2, 0.25) is 0 Å². The fourth-order valence-electron chi connectivity index (χ4n) is 1.25. The van der Waals surface area contributed by atoms with Crippen LogP contribution in [-0.4, -0.2) is 9.97 Å². The van der Waals surface area contributed by atoms with E-state index >= 15 is 0 Å². The first kappa shape index (κ1) is 9.51. The summed E-state index contributed by atoms with van der Waals surface area (Å²) >= 11 is 0. The Morgan fingerprint density at radius 1 is 1.27 bits per heavy atom. The van der Waals surface area contributed by atoms with Gasteiger partial charge >= 0.3 is 0 Å². The van der Waals surface area contributed by atoms with Crippen molar-refractivity contribution in [1.29, 1.82) is 0 Å². The van der Waals surface area contributed by atoms with E-state index in [1.807, 2.05) is 0 Å². The average Bonchev–Trinajstić information content (AvgIpc) is 2.17. The molecule has 3 nitrogen and oxygen atoms in total. The Bertz CT molecular complexity index is 537. The standard InChI is InChI=1S/C10H6F2N2O/c11-8-5-7(15)9(10(12)14-8)6-3-1-2-4-13-6/h1-5H,(H,14,15). The molecule has 0 aliphatic rings. The predicted molar refractivity (Wildman–Crippen MR) is 50.2 cm³/mol. The molecule has 0 spiro atoms. The molecule has 0 aromatic carbocycles. The van der Waals surface area contributed by atoms with Gasteiger partial charge in [0.05, 0.1) is 5.69 Å². The van der Waals surface area contributed by atoms with E-state index in [1.165, 1.54) is 12.3 Å². The molecule has 0 saturated heterocycles. The van der Waals surface area contributed by atoms with Crippen LogP contribution in [0.3, 0.4) is 0 Å². The monoisotopic (exact) mass is 208 g/mol. The molecule has 2 rings (SSSR count). The highest BCUT2D eigenvalue weighted by molar-refractivity contribution is 5.57. The maximum absolute atomic E-state index is 13.3. The minimum Gasteiger partial charge on any atom is -0.308 e. The SMILES string of the molecule is O=c1cc(F)[nH]c(F)c1-c1ccccn1. The lowest BCUT2D eigenvalue weighted by atomic mass is 10.2. The predicted octanol–water partition coefficient (Wildman–Crippen LogP) is 1.72. The van der Waals surface area contributed by atoms with Gasteiger partial charge in [0.2, 0.25) is 5.95 Å². The van der Waals surface area contributed by atoms with Crippen molar-refractivity contribution in [1.82, 2.24) is 9.97 Å². The highest BCUT2D eigenvalue weighted by Gasteiger charge is 2.12. The fourth-order valence-corrected chi connectivity index (χ4v) is 1.25. The van der Waals surface area contributed by atoms with Gasteiger partial charge < -0.3 is 4.98 Å². The van der Waals surface area contributed by atoms with Crippen molar-refractivity contribution in [2.75, 3.05) is 0 Å². The van der Waals surface area contributed by atoms with Gasteiger partial charge in [0.15, 0.2) is 11.4 Å². The minimum absolute atomic E-state index is 0.177. The van der Waals surface area contributed by atoms with Gasteiger partial charge in [-0.25, -0.2) is 0 Å². The van der Waals surface area contributed by atoms with E-state index in [1.54, 1.807) is 17.1 Å². The second kappa shape index (κ2) is 3.61. The van der Waals surface area contributed by atoms with Crippen LogP contribution in [0, 0.1) is 11.9 Å². The number of pyridine rings is 2. The minimum atomic E-state index is -1.02. The third-order valence-corrected chi connectivity index (χ3v) is 1.87. The van der Waals surface area contributed by atoms with Crippen molar-refractivity contribution in [3.63, 3.8) is 0 Å². The van der Waals surface area contributed by atoms with Gasteiger partial charge in [-0.2, -0.15) is 8.78 Å². The van der Waals surface area contributed by atoms with Crippen molar-refractivity contribution in [2.24, 2.45) is 0 Å². The lowest BCUT2D eigenvalue weighted by molar-refractivity contribution is 0.513. The van der Waals surface area contributed by atoms with Crippen LogP contribution in [0.1, 0.15) is 0 Å². The lowest BCUT2D eigenvalue weighted by Crippen LogP contribution is -2.10. The van der Waals surface area contributed by atoms with Crippen LogP contribution in [0.15, 0.2) is 35.3 Å². The van der Waals surface area contributed by atoms with Crippen LogP contribution in [0.25, 0.3) is 11.3 Å². The summed E-state index contributed by atoms with van der Waals surface area (Å²) in [5, 5.41) is 0. The van der Waals surface area contributed by atoms with E-state index in [4.69, 9.17) is 0 Å². The third-order valence-electron chi connectivity index (χ3n) is 1.87. The summed E-state index contributed by atoms with van der Waals surface area (Å²) in [6, 6.07) is 5.42. The molecule has 2 aromatic heterocycles. The molecule has 0 saturated carbocycles. The second-order valence-electron chi connectivity index (χ2n) is 2.89. The number of nitrogens with zero attached hydrogens (tertiary/aromatic N) is 1. The Morgan fingerprint density at radius 2 is 2.07 bits per heavy atom. The fraction of sp³-hybridized carbons (Fsp3) is 0. The Balaban J connectivity index is 2.69. The van der Waals surface area contributed by atoms with Crippen LogP contribution in [0.4, 0.5) is 8.78 Å². The molecule has 1 N–H and O–H groups in total. The first-order valence-electron chi connectivity index (χ1n) is 4.18. The summed E-state index contributed by atoms with van der Waals surface area (Å²) < 4.78 is 25.9. The lowest BCUT2D eigenvalue weighted by Gasteiger charge is -2.00. The zero-order chi connectivity index (χ0) is 10.8. The molecule has 0 aliphatic heterocycles. The maximum Gasteiger partial charge on any atom is 0.206 e. The number of nitrogens with one attached hydrogen (secondary N) is 1. The summed E-state index contributed by atoms with van der Waals surface area (Å²) in [5.74, 6) is -2.02. The molecule has 5 heteroatoms. The smallest absolute Gasteiger partial charge is 0.206 e. The largest absolute Gasteiger partial charge is 0.308 e. The number of hydrogen-bond acceptors (Lipinski definition) is 2. The summed E-state index contributed by atoms with van der Waals surface area (Å²) in [6.45, 7) is 0. The van der Waals surface area contributed by atoms with E-state index in [0.29, 0.717) is 6.07 Å². The average molecular weight is 208 g/mol. The summed E-state index contributed by atoms with van der Waals surface area (Å²) in [7, 11) is 0. The molecule has 0 bridgehead atoms. The molecule has 0 unspecified atom stereocenters. The van der Waals surface area contributed by atoms with E-state index in [-0.39, 0.29) is 11.3 Å². The normalized spacial score (nSPS) is 10.3. The van der Waals surface area contributed by atoms with E-state index in [9.17, 15) is 13.6 Å². The van der Waals surface area contributed by atoms with E-state index < -0.39 is 17.3 Å². The van der Waals surface area contributed by atoms with Gasteiger partial charge in [-0.3, -0.25) is 9.78 Å². The van der Waals surface area contributed by atoms with Gasteiger partial charge in [0, 0.05) is 12.3 Å². The van der Waals surface area contributed by atoms with Gasteiger partial charge in [-0.15, -0.1) is 0 Å². The third kappa shape index (κ3) is 1.76. The number of H-pyrrole nitrogens is 1. The Hall–Kier alpha value is -2.04. The highest BCUT2D eigenvalue weighted by atomic mass is 19.1. The first-order valence-corrected chi connectivity index (χ1v) is 4.18. The molecule has 0 amide bonds. The summed E-state index contributed by atoms with van der Waals surface area (Å²) in [4.78, 5) is 16.9. The molecule has 0 atom stereocenters. The number of aromatic amines is 1. The summed E-state index contributed by atoms with van der Waals surface area (Å²) in [5.41, 5.74) is -0.810. The zero-order valence-electron chi connectivity index (χ0n) is 7.50. The molecule has 0 radical (unpaired) electrons. The van der Waals surface area contributed by atoms with Crippen LogP contribution >= 0.6 is 0 Å². The van der Waals surface area contributed by atoms with Gasteiger partial charge in [-0.1, -0.05) is 6.07 Å². The molecular weight excluding hydrogens is 202 g/mol. The molecule has 0 fully saturated rings. The quantitative estimate of drug-likeness (QED) is 0.725. The van der Waals surface area contributed by atoms with Crippen molar-refractivity contribution in [3.8, 4) is 11.3 Å². The Labute approximate surface area is 83.4 Å². The Morgan fingerprint density at radius 3 is 2.67 bits per heavy atom. The number of halogens is 2. The molecule has 2 aromatic rings. The number of aromatic nitrogens is 2. The second-order valence-corrected chi connectivity index (χ2v) is 2.89. The number of rotatable bonds is 1. The van der Waals surface area contributed by atoms with Crippen molar-refractivity contribution >= 4 is 0 Å². The first-order chi connectivity index (χ1) is 7.18.